The predicted molar refractivity (Wildman–Crippen MR) is 96.2 cm³/mol. The van der Waals surface area contributed by atoms with Gasteiger partial charge in [-0.05, 0) is 50.7 Å². The third-order valence-corrected chi connectivity index (χ3v) is 7.68. The molecule has 2 fully saturated rings. The van der Waals surface area contributed by atoms with Crippen LogP contribution in [0.4, 0.5) is 0 Å². The molecule has 0 amide bonds. The van der Waals surface area contributed by atoms with Crippen molar-refractivity contribution in [3.63, 3.8) is 0 Å². The molecule has 0 radical (unpaired) electrons. The first-order valence-electron chi connectivity index (χ1n) is 9.09. The van der Waals surface area contributed by atoms with Gasteiger partial charge in [-0.1, -0.05) is 18.6 Å². The molecule has 1 aromatic heterocycles. The van der Waals surface area contributed by atoms with E-state index >= 15 is 0 Å². The van der Waals surface area contributed by atoms with E-state index in [0.717, 1.165) is 37.6 Å². The molecule has 2 heterocycles. The maximum atomic E-state index is 13.2. The van der Waals surface area contributed by atoms with Crippen LogP contribution in [0.5, 0.6) is 0 Å². The molecule has 2 aliphatic rings. The van der Waals surface area contributed by atoms with Crippen molar-refractivity contribution in [2.45, 2.75) is 51.1 Å². The second-order valence-corrected chi connectivity index (χ2v) is 9.18. The molecule has 136 valence electrons. The van der Waals surface area contributed by atoms with E-state index < -0.39 is 10.2 Å². The Hall–Kier alpha value is -1.44. The number of fused-ring (bicyclic) bond motifs is 1. The molecule has 1 aliphatic carbocycles. The van der Waals surface area contributed by atoms with Crippen molar-refractivity contribution in [1.82, 2.24) is 13.6 Å². The number of piperidine rings is 1. The SMILES string of the molecule is CC(C1CC1)N(C)S(=O)(=O)N1CCCCC1c1nc2ccccc2o1. The summed E-state index contributed by atoms with van der Waals surface area (Å²) in [6, 6.07) is 7.30. The summed E-state index contributed by atoms with van der Waals surface area (Å²) in [5.74, 6) is 1.00. The fourth-order valence-electron chi connectivity index (χ4n) is 3.71. The van der Waals surface area contributed by atoms with Gasteiger partial charge in [-0.25, -0.2) is 4.98 Å². The third kappa shape index (κ3) is 3.09. The lowest BCUT2D eigenvalue weighted by molar-refractivity contribution is 0.201. The van der Waals surface area contributed by atoms with Gasteiger partial charge in [0, 0.05) is 19.6 Å². The van der Waals surface area contributed by atoms with Gasteiger partial charge in [0.2, 0.25) is 5.89 Å². The van der Waals surface area contributed by atoms with E-state index in [1.54, 1.807) is 15.7 Å². The standard InChI is InChI=1S/C18H25N3O3S/c1-13(14-10-11-14)20(2)25(22,23)21-12-6-5-8-16(21)18-19-15-7-3-4-9-17(15)24-18/h3-4,7,9,13-14,16H,5-6,8,10-12H2,1-2H3. The number of aromatic nitrogens is 1. The van der Waals surface area contributed by atoms with E-state index in [9.17, 15) is 8.42 Å². The van der Waals surface area contributed by atoms with Crippen LogP contribution in [0.3, 0.4) is 0 Å². The maximum absolute atomic E-state index is 13.2. The molecule has 0 bridgehead atoms. The van der Waals surface area contributed by atoms with Crippen molar-refractivity contribution in [3.05, 3.63) is 30.2 Å². The average molecular weight is 363 g/mol. The Balaban J connectivity index is 1.66. The molecule has 7 heteroatoms. The molecule has 2 unspecified atom stereocenters. The summed E-state index contributed by atoms with van der Waals surface area (Å²) in [6.07, 6.45) is 4.85. The number of para-hydroxylation sites is 2. The molecule has 2 atom stereocenters. The van der Waals surface area contributed by atoms with Gasteiger partial charge >= 0.3 is 0 Å². The molecule has 1 aliphatic heterocycles. The van der Waals surface area contributed by atoms with Crippen LogP contribution in [-0.4, -0.2) is 41.6 Å². The van der Waals surface area contributed by atoms with Crippen molar-refractivity contribution in [1.29, 1.82) is 0 Å². The summed E-state index contributed by atoms with van der Waals surface area (Å²) in [6.45, 7) is 2.53. The highest BCUT2D eigenvalue weighted by molar-refractivity contribution is 7.86. The van der Waals surface area contributed by atoms with Gasteiger partial charge in [-0.3, -0.25) is 0 Å². The Labute approximate surface area is 149 Å². The molecule has 2 aromatic rings. The molecule has 4 rings (SSSR count). The lowest BCUT2D eigenvalue weighted by Crippen LogP contribution is -2.49. The zero-order valence-electron chi connectivity index (χ0n) is 14.8. The van der Waals surface area contributed by atoms with Crippen molar-refractivity contribution in [3.8, 4) is 0 Å². The van der Waals surface area contributed by atoms with Crippen LogP contribution in [0.1, 0.15) is 51.0 Å². The number of hydrogen-bond donors (Lipinski definition) is 0. The summed E-state index contributed by atoms with van der Waals surface area (Å²) in [4.78, 5) is 4.56. The van der Waals surface area contributed by atoms with Crippen LogP contribution >= 0.6 is 0 Å². The Bertz CT molecular complexity index is 826. The van der Waals surface area contributed by atoms with Crippen molar-refractivity contribution >= 4 is 21.3 Å². The Morgan fingerprint density at radius 1 is 1.24 bits per heavy atom. The van der Waals surface area contributed by atoms with E-state index in [1.807, 2.05) is 31.2 Å². The second-order valence-electron chi connectivity index (χ2n) is 7.24. The van der Waals surface area contributed by atoms with Crippen LogP contribution < -0.4 is 0 Å². The fraction of sp³-hybridized carbons (Fsp3) is 0.611. The third-order valence-electron chi connectivity index (χ3n) is 5.59. The average Bonchev–Trinajstić information content (AvgIpc) is 3.38. The van der Waals surface area contributed by atoms with Crippen LogP contribution in [0.15, 0.2) is 28.7 Å². The smallest absolute Gasteiger partial charge is 0.282 e. The molecule has 1 aromatic carbocycles. The molecular weight excluding hydrogens is 338 g/mol. The van der Waals surface area contributed by atoms with Gasteiger partial charge in [0.15, 0.2) is 5.58 Å². The number of hydrogen-bond acceptors (Lipinski definition) is 4. The quantitative estimate of drug-likeness (QED) is 0.817. The molecule has 25 heavy (non-hydrogen) atoms. The molecule has 1 saturated carbocycles. The lowest BCUT2D eigenvalue weighted by atomic mass is 10.1. The van der Waals surface area contributed by atoms with Crippen molar-refractivity contribution in [2.75, 3.05) is 13.6 Å². The first-order chi connectivity index (χ1) is 12.0. The molecule has 0 spiro atoms. The molecular formula is C18H25N3O3S. The van der Waals surface area contributed by atoms with Gasteiger partial charge in [-0.15, -0.1) is 0 Å². The van der Waals surface area contributed by atoms with E-state index in [1.165, 1.54) is 0 Å². The first-order valence-corrected chi connectivity index (χ1v) is 10.5. The summed E-state index contributed by atoms with van der Waals surface area (Å²) in [5, 5.41) is 0. The second kappa shape index (κ2) is 6.37. The minimum Gasteiger partial charge on any atom is -0.439 e. The number of oxazole rings is 1. The zero-order valence-corrected chi connectivity index (χ0v) is 15.6. The zero-order chi connectivity index (χ0) is 17.6. The Kier molecular flexibility index (Phi) is 4.33. The predicted octanol–water partition coefficient (Wildman–Crippen LogP) is 3.33. The Morgan fingerprint density at radius 3 is 2.72 bits per heavy atom. The number of nitrogens with zero attached hydrogens (tertiary/aromatic N) is 3. The van der Waals surface area contributed by atoms with Crippen LogP contribution in [0, 0.1) is 5.92 Å². The first kappa shape index (κ1) is 17.0. The van der Waals surface area contributed by atoms with Crippen LogP contribution in [0.25, 0.3) is 11.1 Å². The van der Waals surface area contributed by atoms with Gasteiger partial charge in [-0.2, -0.15) is 17.0 Å². The lowest BCUT2D eigenvalue weighted by Gasteiger charge is -2.37. The van der Waals surface area contributed by atoms with Crippen LogP contribution in [-0.2, 0) is 10.2 Å². The van der Waals surface area contributed by atoms with Gasteiger partial charge in [0.1, 0.15) is 11.6 Å². The van der Waals surface area contributed by atoms with Crippen LogP contribution in [0.2, 0.25) is 0 Å². The number of rotatable bonds is 5. The number of benzene rings is 1. The largest absolute Gasteiger partial charge is 0.439 e. The monoisotopic (exact) mass is 363 g/mol. The van der Waals surface area contributed by atoms with Gasteiger partial charge < -0.3 is 4.42 Å². The minimum atomic E-state index is -3.53. The summed E-state index contributed by atoms with van der Waals surface area (Å²) in [7, 11) is -1.83. The fourth-order valence-corrected chi connectivity index (χ4v) is 5.51. The molecule has 6 nitrogen and oxygen atoms in total. The normalized spacial score (nSPS) is 24.0. The van der Waals surface area contributed by atoms with E-state index in [-0.39, 0.29) is 12.1 Å². The molecule has 0 N–H and O–H groups in total. The van der Waals surface area contributed by atoms with E-state index in [2.05, 4.69) is 4.98 Å². The van der Waals surface area contributed by atoms with Gasteiger partial charge in [0.25, 0.3) is 10.2 Å². The van der Waals surface area contributed by atoms with E-state index in [4.69, 9.17) is 4.42 Å². The summed E-state index contributed by atoms with van der Waals surface area (Å²) in [5.41, 5.74) is 1.49. The maximum Gasteiger partial charge on any atom is 0.282 e. The highest BCUT2D eigenvalue weighted by atomic mass is 32.2. The van der Waals surface area contributed by atoms with E-state index in [0.29, 0.717) is 23.9 Å². The summed E-state index contributed by atoms with van der Waals surface area (Å²) < 4.78 is 35.5. The Morgan fingerprint density at radius 2 is 2.00 bits per heavy atom. The summed E-state index contributed by atoms with van der Waals surface area (Å²) >= 11 is 0. The van der Waals surface area contributed by atoms with Crippen molar-refractivity contribution < 1.29 is 12.8 Å². The highest BCUT2D eigenvalue weighted by Crippen LogP contribution is 2.39. The van der Waals surface area contributed by atoms with Crippen molar-refractivity contribution in [2.24, 2.45) is 5.92 Å². The topological polar surface area (TPSA) is 66.7 Å². The molecule has 1 saturated heterocycles. The highest BCUT2D eigenvalue weighted by Gasteiger charge is 2.42. The van der Waals surface area contributed by atoms with Gasteiger partial charge in [0.05, 0.1) is 0 Å². The minimum absolute atomic E-state index is 0.0382.